The zero-order valence-electron chi connectivity index (χ0n) is 14.5. The maximum Gasteiger partial charge on any atom is 0.329 e. The van der Waals surface area contributed by atoms with Crippen molar-refractivity contribution in [2.45, 2.75) is 26.7 Å². The summed E-state index contributed by atoms with van der Waals surface area (Å²) in [6.07, 6.45) is -0.0569. The molecule has 0 aliphatic rings. The molecule has 2 rings (SSSR count). The Balaban J connectivity index is 2.35. The minimum Gasteiger partial charge on any atom is -0.421 e. The van der Waals surface area contributed by atoms with Crippen LogP contribution < -0.4 is 9.47 Å². The summed E-state index contributed by atoms with van der Waals surface area (Å²) in [5, 5.41) is -0.259. The van der Waals surface area contributed by atoms with E-state index in [1.807, 2.05) is 0 Å². The lowest BCUT2D eigenvalue weighted by Crippen LogP contribution is -2.44. The van der Waals surface area contributed by atoms with Gasteiger partial charge in [-0.1, -0.05) is 49.2 Å². The van der Waals surface area contributed by atoms with Gasteiger partial charge in [0, 0.05) is 0 Å². The van der Waals surface area contributed by atoms with Crippen LogP contribution in [0.1, 0.15) is 26.7 Å². The van der Waals surface area contributed by atoms with Crippen LogP contribution in [-0.2, 0) is 9.59 Å². The first kappa shape index (κ1) is 21.1. The number of ether oxygens (including phenoxy) is 2. The molecule has 0 aliphatic carbocycles. The Morgan fingerprint density at radius 2 is 1.22 bits per heavy atom. The molecule has 2 aromatic carbocycles. The van der Waals surface area contributed by atoms with Crippen LogP contribution in [-0.4, -0.2) is 11.9 Å². The molecular formula is C19H16Cl2F2O4. The number of halogens is 4. The minimum absolute atomic E-state index is 0.0285. The molecule has 27 heavy (non-hydrogen) atoms. The Morgan fingerprint density at radius 3 is 1.52 bits per heavy atom. The highest BCUT2D eigenvalue weighted by Gasteiger charge is 2.47. The van der Waals surface area contributed by atoms with Crippen molar-refractivity contribution in [3.8, 4) is 11.5 Å². The predicted molar refractivity (Wildman–Crippen MR) is 97.1 cm³/mol. The zero-order valence-corrected chi connectivity index (χ0v) is 16.0. The summed E-state index contributed by atoms with van der Waals surface area (Å²) >= 11 is 11.7. The van der Waals surface area contributed by atoms with Crippen molar-refractivity contribution in [1.29, 1.82) is 0 Å². The van der Waals surface area contributed by atoms with Gasteiger partial charge in [0.1, 0.15) is 0 Å². The highest BCUT2D eigenvalue weighted by molar-refractivity contribution is 6.32. The highest BCUT2D eigenvalue weighted by atomic mass is 35.5. The summed E-state index contributed by atoms with van der Waals surface area (Å²) in [6.45, 7) is 3.11. The van der Waals surface area contributed by atoms with E-state index in [2.05, 4.69) is 0 Å². The molecule has 0 saturated heterocycles. The van der Waals surface area contributed by atoms with Crippen LogP contribution in [0.4, 0.5) is 8.78 Å². The smallest absolute Gasteiger partial charge is 0.329 e. The normalized spacial score (nSPS) is 11.2. The van der Waals surface area contributed by atoms with E-state index in [-0.39, 0.29) is 22.9 Å². The second-order valence-electron chi connectivity index (χ2n) is 5.67. The van der Waals surface area contributed by atoms with Gasteiger partial charge in [-0.3, -0.25) is 9.59 Å². The maximum absolute atomic E-state index is 13.9. The van der Waals surface area contributed by atoms with Gasteiger partial charge < -0.3 is 9.47 Å². The van der Waals surface area contributed by atoms with Crippen molar-refractivity contribution in [1.82, 2.24) is 0 Å². The predicted octanol–water partition coefficient (Wildman–Crippen LogP) is 5.59. The molecule has 2 aromatic rings. The van der Waals surface area contributed by atoms with Gasteiger partial charge in [-0.2, -0.15) is 0 Å². The number of esters is 2. The van der Waals surface area contributed by atoms with E-state index in [4.69, 9.17) is 32.7 Å². The molecule has 0 amide bonds. The third kappa shape index (κ3) is 4.22. The molecule has 0 aliphatic heterocycles. The molecule has 0 N–H and O–H groups in total. The van der Waals surface area contributed by atoms with Crippen LogP contribution in [0.15, 0.2) is 36.4 Å². The number of para-hydroxylation sites is 2. The van der Waals surface area contributed by atoms with Crippen LogP contribution >= 0.6 is 23.2 Å². The second kappa shape index (κ2) is 8.67. The Kier molecular flexibility index (Phi) is 6.78. The highest BCUT2D eigenvalue weighted by Crippen LogP contribution is 2.36. The molecule has 0 heterocycles. The third-order valence-electron chi connectivity index (χ3n) is 4.22. The topological polar surface area (TPSA) is 52.6 Å². The van der Waals surface area contributed by atoms with E-state index in [1.165, 1.54) is 24.3 Å². The molecule has 0 radical (unpaired) electrons. The van der Waals surface area contributed by atoms with Crippen LogP contribution in [0, 0.1) is 17.0 Å². The molecule has 0 atom stereocenters. The van der Waals surface area contributed by atoms with Crippen molar-refractivity contribution in [3.63, 3.8) is 0 Å². The zero-order chi connectivity index (χ0) is 20.2. The van der Waals surface area contributed by atoms with E-state index in [1.54, 1.807) is 13.8 Å². The molecule has 0 spiro atoms. The van der Waals surface area contributed by atoms with Gasteiger partial charge in [-0.05, 0) is 37.1 Å². The molecule has 0 aromatic heterocycles. The number of hydrogen-bond acceptors (Lipinski definition) is 4. The van der Waals surface area contributed by atoms with Gasteiger partial charge in [-0.25, -0.2) is 8.78 Å². The van der Waals surface area contributed by atoms with Gasteiger partial charge in [0.25, 0.3) is 0 Å². The molecule has 4 nitrogen and oxygen atoms in total. The van der Waals surface area contributed by atoms with Crippen LogP contribution in [0.3, 0.4) is 0 Å². The van der Waals surface area contributed by atoms with Gasteiger partial charge in [-0.15, -0.1) is 0 Å². The first-order chi connectivity index (χ1) is 12.8. The number of benzene rings is 2. The van der Waals surface area contributed by atoms with Crippen molar-refractivity contribution >= 4 is 35.1 Å². The first-order valence-corrected chi connectivity index (χ1v) is 8.85. The number of rotatable bonds is 6. The number of carbonyl (C=O) groups excluding carboxylic acids is 2. The number of hydrogen-bond donors (Lipinski definition) is 0. The Hall–Kier alpha value is -2.18. The maximum atomic E-state index is 13.9. The lowest BCUT2D eigenvalue weighted by atomic mass is 9.82. The fourth-order valence-electron chi connectivity index (χ4n) is 2.45. The SMILES string of the molecule is CCC(CC)(C(=O)Oc1c(F)cccc1Cl)C(=O)Oc1c(F)cccc1Cl. The van der Waals surface area contributed by atoms with E-state index in [0.29, 0.717) is 0 Å². The van der Waals surface area contributed by atoms with Gasteiger partial charge in [0.2, 0.25) is 0 Å². The summed E-state index contributed by atoms with van der Waals surface area (Å²) in [4.78, 5) is 25.5. The lowest BCUT2D eigenvalue weighted by Gasteiger charge is -2.27. The van der Waals surface area contributed by atoms with Crippen molar-refractivity contribution in [2.24, 2.45) is 5.41 Å². The van der Waals surface area contributed by atoms with Crippen molar-refractivity contribution < 1.29 is 27.8 Å². The average Bonchev–Trinajstić information content (AvgIpc) is 2.63. The molecular weight excluding hydrogens is 401 g/mol. The fraction of sp³-hybridized carbons (Fsp3) is 0.263. The lowest BCUT2D eigenvalue weighted by molar-refractivity contribution is -0.162. The van der Waals surface area contributed by atoms with Crippen LogP contribution in [0.25, 0.3) is 0 Å². The van der Waals surface area contributed by atoms with Gasteiger partial charge in [0.05, 0.1) is 10.0 Å². The van der Waals surface area contributed by atoms with Crippen molar-refractivity contribution in [3.05, 3.63) is 58.1 Å². The second-order valence-corrected chi connectivity index (χ2v) is 6.48. The molecule has 0 saturated carbocycles. The standard InChI is InChI=1S/C19H16Cl2F2O4/c1-3-19(4-2,17(24)26-15-11(20)7-5-9-13(15)22)18(25)27-16-12(21)8-6-10-14(16)23/h5-10H,3-4H2,1-2H3. The van der Waals surface area contributed by atoms with Crippen LogP contribution in [0.5, 0.6) is 11.5 Å². The summed E-state index contributed by atoms with van der Waals surface area (Å²) in [7, 11) is 0. The molecule has 0 bridgehead atoms. The molecule has 0 fully saturated rings. The van der Waals surface area contributed by atoms with E-state index < -0.39 is 40.5 Å². The molecule has 144 valence electrons. The summed E-state index contributed by atoms with van der Waals surface area (Å²) in [6, 6.07) is 7.48. The Labute approximate surface area is 165 Å². The van der Waals surface area contributed by atoms with Gasteiger partial charge in [0.15, 0.2) is 28.5 Å². The van der Waals surface area contributed by atoms with E-state index in [0.717, 1.165) is 12.1 Å². The third-order valence-corrected chi connectivity index (χ3v) is 4.81. The summed E-state index contributed by atoms with van der Waals surface area (Å²) in [5.74, 6) is -4.82. The molecule has 8 heteroatoms. The van der Waals surface area contributed by atoms with E-state index >= 15 is 0 Å². The Morgan fingerprint density at radius 1 is 0.852 bits per heavy atom. The monoisotopic (exact) mass is 416 g/mol. The molecule has 0 unspecified atom stereocenters. The van der Waals surface area contributed by atoms with Crippen LogP contribution in [0.2, 0.25) is 10.0 Å². The minimum atomic E-state index is -1.79. The quantitative estimate of drug-likeness (QED) is 0.349. The summed E-state index contributed by atoms with van der Waals surface area (Å²) < 4.78 is 38.0. The van der Waals surface area contributed by atoms with E-state index in [9.17, 15) is 18.4 Å². The summed E-state index contributed by atoms with van der Waals surface area (Å²) in [5.41, 5.74) is -1.79. The number of carbonyl (C=O) groups is 2. The Bertz CT molecular complexity index is 759. The van der Waals surface area contributed by atoms with Crippen molar-refractivity contribution in [2.75, 3.05) is 0 Å². The average molecular weight is 417 g/mol. The largest absolute Gasteiger partial charge is 0.421 e. The van der Waals surface area contributed by atoms with Gasteiger partial charge >= 0.3 is 11.9 Å². The fourth-order valence-corrected chi connectivity index (χ4v) is 2.85. The first-order valence-electron chi connectivity index (χ1n) is 8.09.